The maximum absolute atomic E-state index is 3.57. The van der Waals surface area contributed by atoms with E-state index in [1.165, 1.54) is 11.1 Å². The van der Waals surface area contributed by atoms with Gasteiger partial charge in [0.1, 0.15) is 0 Å². The van der Waals surface area contributed by atoms with Crippen LogP contribution in [0.2, 0.25) is 0 Å². The summed E-state index contributed by atoms with van der Waals surface area (Å²) in [6.07, 6.45) is 2.27. The molecule has 0 saturated carbocycles. The van der Waals surface area contributed by atoms with Crippen LogP contribution in [-0.4, -0.2) is 32.1 Å². The molecule has 1 unspecified atom stereocenters. The lowest BCUT2D eigenvalue weighted by Crippen LogP contribution is -2.25. The van der Waals surface area contributed by atoms with E-state index >= 15 is 0 Å². The third-order valence-corrected chi connectivity index (χ3v) is 3.11. The minimum absolute atomic E-state index is 0.480. The topological polar surface area (TPSA) is 15.3 Å². The highest BCUT2D eigenvalue weighted by atomic mass is 15.1. The van der Waals surface area contributed by atoms with Gasteiger partial charge in [0.15, 0.2) is 0 Å². The quantitative estimate of drug-likeness (QED) is 0.780. The molecular weight excluding hydrogens is 208 g/mol. The minimum Gasteiger partial charge on any atom is -0.310 e. The lowest BCUT2D eigenvalue weighted by Gasteiger charge is -2.20. The molecule has 0 bridgehead atoms. The SMILES string of the molecule is CCNC(CCN(C)C)c1ccc(CC)cc1. The van der Waals surface area contributed by atoms with Gasteiger partial charge in [0.2, 0.25) is 0 Å². The van der Waals surface area contributed by atoms with E-state index < -0.39 is 0 Å². The smallest absolute Gasteiger partial charge is 0.0332 e. The number of hydrogen-bond acceptors (Lipinski definition) is 2. The van der Waals surface area contributed by atoms with Crippen molar-refractivity contribution in [3.05, 3.63) is 35.4 Å². The van der Waals surface area contributed by atoms with Gasteiger partial charge in [0.25, 0.3) is 0 Å². The zero-order valence-corrected chi connectivity index (χ0v) is 11.7. The van der Waals surface area contributed by atoms with Gasteiger partial charge in [-0.15, -0.1) is 0 Å². The van der Waals surface area contributed by atoms with Crippen molar-refractivity contribution in [1.29, 1.82) is 0 Å². The first-order valence-electron chi connectivity index (χ1n) is 6.64. The molecule has 1 N–H and O–H groups in total. The van der Waals surface area contributed by atoms with E-state index in [9.17, 15) is 0 Å². The van der Waals surface area contributed by atoms with E-state index in [1.807, 2.05) is 0 Å². The largest absolute Gasteiger partial charge is 0.310 e. The highest BCUT2D eigenvalue weighted by molar-refractivity contribution is 5.25. The molecule has 0 aromatic heterocycles. The summed E-state index contributed by atoms with van der Waals surface area (Å²) in [7, 11) is 4.26. The van der Waals surface area contributed by atoms with Crippen molar-refractivity contribution in [2.45, 2.75) is 32.7 Å². The van der Waals surface area contributed by atoms with Gasteiger partial charge in [0.05, 0.1) is 0 Å². The molecule has 1 aromatic rings. The van der Waals surface area contributed by atoms with Crippen molar-refractivity contribution in [3.63, 3.8) is 0 Å². The predicted octanol–water partition coefficient (Wildman–Crippen LogP) is 2.85. The Morgan fingerprint density at radius 2 is 1.76 bits per heavy atom. The lowest BCUT2D eigenvalue weighted by molar-refractivity contribution is 0.363. The van der Waals surface area contributed by atoms with E-state index in [2.05, 4.69) is 62.4 Å². The second kappa shape index (κ2) is 7.46. The molecule has 2 heteroatoms. The number of benzene rings is 1. The van der Waals surface area contributed by atoms with E-state index in [0.29, 0.717) is 6.04 Å². The Labute approximate surface area is 106 Å². The molecule has 2 nitrogen and oxygen atoms in total. The molecule has 0 radical (unpaired) electrons. The van der Waals surface area contributed by atoms with Gasteiger partial charge in [-0.3, -0.25) is 0 Å². The number of aryl methyl sites for hydroxylation is 1. The summed E-state index contributed by atoms with van der Waals surface area (Å²) >= 11 is 0. The van der Waals surface area contributed by atoms with Gasteiger partial charge in [-0.1, -0.05) is 38.1 Å². The minimum atomic E-state index is 0.480. The summed E-state index contributed by atoms with van der Waals surface area (Å²) in [4.78, 5) is 2.24. The maximum atomic E-state index is 3.57. The number of hydrogen-bond donors (Lipinski definition) is 1. The van der Waals surface area contributed by atoms with Gasteiger partial charge in [-0.2, -0.15) is 0 Å². The molecule has 0 heterocycles. The summed E-state index contributed by atoms with van der Waals surface area (Å²) < 4.78 is 0. The molecule has 0 saturated heterocycles. The molecule has 1 atom stereocenters. The van der Waals surface area contributed by atoms with E-state index in [1.54, 1.807) is 0 Å². The molecule has 1 rings (SSSR count). The van der Waals surface area contributed by atoms with E-state index in [0.717, 1.165) is 25.9 Å². The van der Waals surface area contributed by atoms with Crippen molar-refractivity contribution in [1.82, 2.24) is 10.2 Å². The van der Waals surface area contributed by atoms with Gasteiger partial charge < -0.3 is 10.2 Å². The third kappa shape index (κ3) is 4.88. The Morgan fingerprint density at radius 3 is 2.24 bits per heavy atom. The number of nitrogens with one attached hydrogen (secondary N) is 1. The zero-order valence-electron chi connectivity index (χ0n) is 11.7. The van der Waals surface area contributed by atoms with Crippen molar-refractivity contribution < 1.29 is 0 Å². The Kier molecular flexibility index (Phi) is 6.23. The Morgan fingerprint density at radius 1 is 1.12 bits per heavy atom. The summed E-state index contributed by atoms with van der Waals surface area (Å²) in [5, 5.41) is 3.57. The molecule has 0 aliphatic carbocycles. The van der Waals surface area contributed by atoms with Gasteiger partial charge in [-0.05, 0) is 51.2 Å². The summed E-state index contributed by atoms with van der Waals surface area (Å²) in [5.41, 5.74) is 2.82. The molecule has 1 aromatic carbocycles. The number of nitrogens with zero attached hydrogens (tertiary/aromatic N) is 1. The first-order chi connectivity index (χ1) is 8.17. The van der Waals surface area contributed by atoms with Crippen LogP contribution in [0.15, 0.2) is 24.3 Å². The zero-order chi connectivity index (χ0) is 12.7. The van der Waals surface area contributed by atoms with Gasteiger partial charge in [-0.25, -0.2) is 0 Å². The lowest BCUT2D eigenvalue weighted by atomic mass is 10.0. The molecular formula is C15H26N2. The molecule has 0 aliphatic rings. The van der Waals surface area contributed by atoms with Crippen LogP contribution in [0.5, 0.6) is 0 Å². The van der Waals surface area contributed by atoms with Crippen molar-refractivity contribution in [3.8, 4) is 0 Å². The second-order valence-corrected chi connectivity index (χ2v) is 4.80. The average Bonchev–Trinajstić information content (AvgIpc) is 2.34. The number of rotatable bonds is 7. The fourth-order valence-electron chi connectivity index (χ4n) is 2.01. The van der Waals surface area contributed by atoms with Gasteiger partial charge in [0, 0.05) is 6.04 Å². The highest BCUT2D eigenvalue weighted by Gasteiger charge is 2.10. The molecule has 96 valence electrons. The van der Waals surface area contributed by atoms with E-state index in [-0.39, 0.29) is 0 Å². The first-order valence-corrected chi connectivity index (χ1v) is 6.64. The van der Waals surface area contributed by atoms with Crippen molar-refractivity contribution in [2.75, 3.05) is 27.2 Å². The average molecular weight is 234 g/mol. The molecule has 0 amide bonds. The van der Waals surface area contributed by atoms with Crippen molar-refractivity contribution >= 4 is 0 Å². The van der Waals surface area contributed by atoms with Crippen LogP contribution in [0.4, 0.5) is 0 Å². The summed E-state index contributed by atoms with van der Waals surface area (Å²) in [6, 6.07) is 9.50. The van der Waals surface area contributed by atoms with E-state index in [4.69, 9.17) is 0 Å². The fourth-order valence-corrected chi connectivity index (χ4v) is 2.01. The van der Waals surface area contributed by atoms with Crippen molar-refractivity contribution in [2.24, 2.45) is 0 Å². The van der Waals surface area contributed by atoms with Crippen LogP contribution in [0.1, 0.15) is 37.4 Å². The Hall–Kier alpha value is -0.860. The van der Waals surface area contributed by atoms with Crippen LogP contribution >= 0.6 is 0 Å². The van der Waals surface area contributed by atoms with Crippen LogP contribution < -0.4 is 5.32 Å². The summed E-state index contributed by atoms with van der Waals surface area (Å²) in [6.45, 7) is 6.51. The van der Waals surface area contributed by atoms with Crippen LogP contribution in [-0.2, 0) is 6.42 Å². The second-order valence-electron chi connectivity index (χ2n) is 4.80. The fraction of sp³-hybridized carbons (Fsp3) is 0.600. The monoisotopic (exact) mass is 234 g/mol. The molecule has 0 aliphatic heterocycles. The molecule has 17 heavy (non-hydrogen) atoms. The normalized spacial score (nSPS) is 13.0. The van der Waals surface area contributed by atoms with Gasteiger partial charge >= 0.3 is 0 Å². The van der Waals surface area contributed by atoms with Crippen LogP contribution in [0, 0.1) is 0 Å². The maximum Gasteiger partial charge on any atom is 0.0332 e. The molecule has 0 fully saturated rings. The summed E-state index contributed by atoms with van der Waals surface area (Å²) in [5.74, 6) is 0. The first kappa shape index (κ1) is 14.2. The standard InChI is InChI=1S/C15H26N2/c1-5-13-7-9-14(10-8-13)15(16-6-2)11-12-17(3)4/h7-10,15-16H,5-6,11-12H2,1-4H3. The Balaban J connectivity index is 2.67. The highest BCUT2D eigenvalue weighted by Crippen LogP contribution is 2.17. The Bertz CT molecular complexity index is 303. The third-order valence-electron chi connectivity index (χ3n) is 3.11. The predicted molar refractivity (Wildman–Crippen MR) is 75.4 cm³/mol. The van der Waals surface area contributed by atoms with Crippen LogP contribution in [0.3, 0.4) is 0 Å². The van der Waals surface area contributed by atoms with Crippen LogP contribution in [0.25, 0.3) is 0 Å². The molecule has 0 spiro atoms.